The van der Waals surface area contributed by atoms with Crippen molar-refractivity contribution in [2.45, 2.75) is 6.54 Å². The minimum absolute atomic E-state index is 0.663. The molecule has 0 spiro atoms. The van der Waals surface area contributed by atoms with Gasteiger partial charge in [0.1, 0.15) is 5.76 Å². The maximum Gasteiger partial charge on any atom is 0.122 e. The van der Waals surface area contributed by atoms with Gasteiger partial charge in [0, 0.05) is 26.8 Å². The van der Waals surface area contributed by atoms with E-state index in [0.29, 0.717) is 6.54 Å². The van der Waals surface area contributed by atoms with Crippen molar-refractivity contribution in [1.29, 1.82) is 0 Å². The Kier molecular flexibility index (Phi) is 2.82. The number of nitrogens with one attached hydrogen (secondary N) is 1. The summed E-state index contributed by atoms with van der Waals surface area (Å²) in [5, 5.41) is 5.89. The van der Waals surface area contributed by atoms with Crippen molar-refractivity contribution in [3.8, 4) is 0 Å². The zero-order chi connectivity index (χ0) is 14.2. The van der Waals surface area contributed by atoms with Crippen molar-refractivity contribution >= 4 is 42.9 Å². The minimum atomic E-state index is 0.663. The van der Waals surface area contributed by atoms with Gasteiger partial charge in [0.05, 0.1) is 17.5 Å². The van der Waals surface area contributed by atoms with Crippen molar-refractivity contribution < 1.29 is 4.42 Å². The molecule has 2 aromatic carbocycles. The molecule has 4 heteroatoms. The van der Waals surface area contributed by atoms with Crippen molar-refractivity contribution in [2.24, 2.45) is 0 Å². The van der Waals surface area contributed by atoms with Crippen molar-refractivity contribution in [3.63, 3.8) is 0 Å². The first-order valence-corrected chi connectivity index (χ1v) is 7.60. The lowest BCUT2D eigenvalue weighted by atomic mass is 10.1. The second-order valence-corrected chi connectivity index (χ2v) is 5.99. The largest absolute Gasteiger partial charge is 0.467 e. The topological polar surface area (TPSA) is 51.2 Å². The van der Waals surface area contributed by atoms with Crippen LogP contribution in [-0.2, 0) is 6.54 Å². The van der Waals surface area contributed by atoms with Crippen LogP contribution in [0.25, 0.3) is 20.2 Å². The first-order valence-electron chi connectivity index (χ1n) is 6.79. The molecule has 0 fully saturated rings. The molecule has 4 rings (SSSR count). The molecule has 3 N–H and O–H groups in total. The summed E-state index contributed by atoms with van der Waals surface area (Å²) >= 11 is 1.74. The molecule has 0 amide bonds. The molecule has 21 heavy (non-hydrogen) atoms. The van der Waals surface area contributed by atoms with Gasteiger partial charge in [-0.05, 0) is 30.3 Å². The Balaban J connectivity index is 1.86. The summed E-state index contributed by atoms with van der Waals surface area (Å²) in [5.41, 5.74) is 8.06. The third-order valence-electron chi connectivity index (χ3n) is 3.59. The van der Waals surface area contributed by atoms with Crippen molar-refractivity contribution in [3.05, 3.63) is 60.6 Å². The molecule has 2 aromatic heterocycles. The van der Waals surface area contributed by atoms with Gasteiger partial charge in [-0.3, -0.25) is 0 Å². The molecule has 104 valence electrons. The molecule has 0 bridgehead atoms. The van der Waals surface area contributed by atoms with Crippen LogP contribution in [0.3, 0.4) is 0 Å². The highest BCUT2D eigenvalue weighted by Gasteiger charge is 2.11. The van der Waals surface area contributed by atoms with E-state index in [1.165, 1.54) is 15.5 Å². The second kappa shape index (κ2) is 4.82. The van der Waals surface area contributed by atoms with Crippen LogP contribution >= 0.6 is 11.3 Å². The van der Waals surface area contributed by atoms with Crippen LogP contribution in [0.4, 0.5) is 11.4 Å². The number of thiophene rings is 1. The van der Waals surface area contributed by atoms with E-state index in [1.807, 2.05) is 24.3 Å². The fourth-order valence-corrected chi connectivity index (χ4v) is 3.75. The molecule has 2 heterocycles. The van der Waals surface area contributed by atoms with Crippen LogP contribution < -0.4 is 11.1 Å². The predicted octanol–water partition coefficient (Wildman–Crippen LogP) is 4.84. The number of anilines is 2. The van der Waals surface area contributed by atoms with E-state index in [-0.39, 0.29) is 0 Å². The smallest absolute Gasteiger partial charge is 0.122 e. The van der Waals surface area contributed by atoms with Gasteiger partial charge >= 0.3 is 0 Å². The molecule has 0 saturated heterocycles. The summed E-state index contributed by atoms with van der Waals surface area (Å²) in [6.07, 6.45) is 1.69. The van der Waals surface area contributed by atoms with E-state index >= 15 is 0 Å². The third-order valence-corrected chi connectivity index (χ3v) is 4.81. The predicted molar refractivity (Wildman–Crippen MR) is 89.8 cm³/mol. The highest BCUT2D eigenvalue weighted by Crippen LogP contribution is 2.41. The number of nitrogens with two attached hydrogens (primary N) is 1. The standard InChI is InChI=1S/C17H14N2OS/c18-13-7-8-14(19-10-11-4-3-9-20-11)16-12-5-1-2-6-15(12)21-17(13)16/h1-9,19H,10,18H2. The Bertz CT molecular complexity index is 909. The molecule has 0 atom stereocenters. The summed E-state index contributed by atoms with van der Waals surface area (Å²) in [7, 11) is 0. The number of hydrogen-bond acceptors (Lipinski definition) is 4. The molecule has 0 unspecified atom stereocenters. The molecule has 0 aliphatic rings. The first kappa shape index (κ1) is 12.3. The Morgan fingerprint density at radius 2 is 1.95 bits per heavy atom. The molecular formula is C17H14N2OS. The number of hydrogen-bond donors (Lipinski definition) is 2. The van der Waals surface area contributed by atoms with Crippen LogP contribution in [-0.4, -0.2) is 0 Å². The van der Waals surface area contributed by atoms with Crippen molar-refractivity contribution in [2.75, 3.05) is 11.1 Å². The van der Waals surface area contributed by atoms with Gasteiger partial charge in [0.2, 0.25) is 0 Å². The normalized spacial score (nSPS) is 11.2. The van der Waals surface area contributed by atoms with E-state index in [2.05, 4.69) is 29.6 Å². The Hall–Kier alpha value is -2.46. The summed E-state index contributed by atoms with van der Waals surface area (Å²) in [5.74, 6) is 0.916. The van der Waals surface area contributed by atoms with Crippen molar-refractivity contribution in [1.82, 2.24) is 0 Å². The lowest BCUT2D eigenvalue weighted by Crippen LogP contribution is -1.99. The molecule has 4 aromatic rings. The summed E-state index contributed by atoms with van der Waals surface area (Å²) in [4.78, 5) is 0. The fourth-order valence-electron chi connectivity index (χ4n) is 2.59. The first-order chi connectivity index (χ1) is 10.3. The number of benzene rings is 2. The number of furan rings is 1. The lowest BCUT2D eigenvalue weighted by molar-refractivity contribution is 0.518. The molecular weight excluding hydrogens is 280 g/mol. The zero-order valence-electron chi connectivity index (χ0n) is 11.3. The van der Waals surface area contributed by atoms with Crippen LogP contribution in [0.1, 0.15) is 5.76 Å². The van der Waals surface area contributed by atoms with Gasteiger partial charge in [0.15, 0.2) is 0 Å². The third kappa shape index (κ3) is 2.04. The number of fused-ring (bicyclic) bond motifs is 3. The number of rotatable bonds is 3. The van der Waals surface area contributed by atoms with Crippen LogP contribution in [0.2, 0.25) is 0 Å². The maximum absolute atomic E-state index is 6.14. The molecule has 0 aliphatic carbocycles. The van der Waals surface area contributed by atoms with Gasteiger partial charge in [-0.25, -0.2) is 0 Å². The minimum Gasteiger partial charge on any atom is -0.467 e. The summed E-state index contributed by atoms with van der Waals surface area (Å²) in [6, 6.07) is 16.3. The van der Waals surface area contributed by atoms with E-state index in [1.54, 1.807) is 17.6 Å². The highest BCUT2D eigenvalue weighted by molar-refractivity contribution is 7.26. The summed E-state index contributed by atoms with van der Waals surface area (Å²) in [6.45, 7) is 0.663. The average Bonchev–Trinajstić information content (AvgIpc) is 3.14. The van der Waals surface area contributed by atoms with Crippen LogP contribution in [0.5, 0.6) is 0 Å². The highest BCUT2D eigenvalue weighted by atomic mass is 32.1. The zero-order valence-corrected chi connectivity index (χ0v) is 12.1. The fraction of sp³-hybridized carbons (Fsp3) is 0.0588. The van der Waals surface area contributed by atoms with Gasteiger partial charge in [0.25, 0.3) is 0 Å². The summed E-state index contributed by atoms with van der Waals surface area (Å²) < 4.78 is 7.77. The van der Waals surface area contributed by atoms with E-state index < -0.39 is 0 Å². The molecule has 3 nitrogen and oxygen atoms in total. The lowest BCUT2D eigenvalue weighted by Gasteiger charge is -2.08. The van der Waals surface area contributed by atoms with E-state index in [4.69, 9.17) is 10.2 Å². The quantitative estimate of drug-likeness (QED) is 0.531. The second-order valence-electron chi connectivity index (χ2n) is 4.94. The number of nitrogen functional groups attached to an aromatic ring is 1. The molecule has 0 radical (unpaired) electrons. The maximum atomic E-state index is 6.14. The van der Waals surface area contributed by atoms with Gasteiger partial charge in [-0.2, -0.15) is 0 Å². The average molecular weight is 294 g/mol. The van der Waals surface area contributed by atoms with Crippen LogP contribution in [0, 0.1) is 0 Å². The van der Waals surface area contributed by atoms with E-state index in [9.17, 15) is 0 Å². The van der Waals surface area contributed by atoms with Gasteiger partial charge in [-0.1, -0.05) is 18.2 Å². The monoisotopic (exact) mass is 294 g/mol. The Labute approximate surface area is 126 Å². The molecule has 0 saturated carbocycles. The van der Waals surface area contributed by atoms with Crippen LogP contribution in [0.15, 0.2) is 59.2 Å². The molecule has 0 aliphatic heterocycles. The van der Waals surface area contributed by atoms with Gasteiger partial charge in [-0.15, -0.1) is 11.3 Å². The Morgan fingerprint density at radius 3 is 2.81 bits per heavy atom. The van der Waals surface area contributed by atoms with Gasteiger partial charge < -0.3 is 15.5 Å². The Morgan fingerprint density at radius 1 is 1.05 bits per heavy atom. The SMILES string of the molecule is Nc1ccc(NCc2ccco2)c2c1sc1ccccc12. The van der Waals surface area contributed by atoms with E-state index in [0.717, 1.165) is 21.8 Å².